The van der Waals surface area contributed by atoms with Crippen LogP contribution >= 0.6 is 0 Å². The third-order valence-electron chi connectivity index (χ3n) is 3.83. The zero-order chi connectivity index (χ0) is 15.7. The first-order valence-electron chi connectivity index (χ1n) is 7.43. The van der Waals surface area contributed by atoms with E-state index in [9.17, 15) is 4.79 Å². The van der Waals surface area contributed by atoms with Gasteiger partial charge in [0.1, 0.15) is 0 Å². The molecule has 0 saturated heterocycles. The molecule has 2 aromatic carbocycles. The lowest BCUT2D eigenvalue weighted by atomic mass is 9.87. The van der Waals surface area contributed by atoms with E-state index < -0.39 is 0 Å². The Kier molecular flexibility index (Phi) is 3.49. The van der Waals surface area contributed by atoms with Crippen LogP contribution in [0.3, 0.4) is 0 Å². The first kappa shape index (κ1) is 14.4. The molecule has 3 rings (SSSR count). The lowest BCUT2D eigenvalue weighted by Gasteiger charge is -2.19. The van der Waals surface area contributed by atoms with Crippen molar-refractivity contribution < 1.29 is 4.79 Å². The number of fused-ring (bicyclic) bond motifs is 1. The Bertz CT molecular complexity index is 807. The fourth-order valence-corrected chi connectivity index (χ4v) is 2.48. The number of amides is 1. The van der Waals surface area contributed by atoms with Gasteiger partial charge in [-0.3, -0.25) is 14.9 Å². The van der Waals surface area contributed by atoms with Gasteiger partial charge in [0.25, 0.3) is 5.91 Å². The quantitative estimate of drug-likeness (QED) is 0.749. The number of hydrogen-bond donors (Lipinski definition) is 1. The van der Waals surface area contributed by atoms with E-state index >= 15 is 0 Å². The molecule has 22 heavy (non-hydrogen) atoms. The number of hydrogen-bond acceptors (Lipinski definition) is 1. The second kappa shape index (κ2) is 5.34. The van der Waals surface area contributed by atoms with Crippen LogP contribution < -0.4 is 5.43 Å². The summed E-state index contributed by atoms with van der Waals surface area (Å²) in [6, 6.07) is 17.7. The van der Waals surface area contributed by atoms with Crippen molar-refractivity contribution in [3.63, 3.8) is 0 Å². The second-order valence-electron chi connectivity index (χ2n) is 6.51. The zero-order valence-corrected chi connectivity index (χ0v) is 13.1. The number of nitrogens with zero attached hydrogens (tertiary/aromatic N) is 1. The van der Waals surface area contributed by atoms with Crippen molar-refractivity contribution in [3.05, 3.63) is 71.9 Å². The van der Waals surface area contributed by atoms with Crippen molar-refractivity contribution in [3.8, 4) is 0 Å². The predicted molar refractivity (Wildman–Crippen MR) is 90.8 cm³/mol. The van der Waals surface area contributed by atoms with Gasteiger partial charge in [-0.05, 0) is 35.2 Å². The average Bonchev–Trinajstić information content (AvgIpc) is 2.90. The molecule has 1 N–H and O–H groups in total. The van der Waals surface area contributed by atoms with Gasteiger partial charge in [-0.25, -0.2) is 0 Å². The maximum atomic E-state index is 12.4. The third-order valence-corrected chi connectivity index (χ3v) is 3.83. The van der Waals surface area contributed by atoms with Crippen molar-refractivity contribution in [2.24, 2.45) is 0 Å². The minimum Gasteiger partial charge on any atom is -0.267 e. The SMILES string of the molecule is CC(C)(C)c1ccc(C(=O)Nn2ccc3ccccc32)cc1. The van der Waals surface area contributed by atoms with Crippen molar-refractivity contribution in [1.82, 2.24) is 4.68 Å². The van der Waals surface area contributed by atoms with Crippen LogP contribution in [0.25, 0.3) is 10.9 Å². The molecule has 112 valence electrons. The highest BCUT2D eigenvalue weighted by molar-refractivity contribution is 6.01. The number of carbonyl (C=O) groups is 1. The van der Waals surface area contributed by atoms with Crippen LogP contribution in [0.4, 0.5) is 0 Å². The molecule has 0 unspecified atom stereocenters. The minimum absolute atomic E-state index is 0.0889. The Morgan fingerprint density at radius 1 is 0.955 bits per heavy atom. The van der Waals surface area contributed by atoms with Crippen LogP contribution in [0.5, 0.6) is 0 Å². The Labute approximate surface area is 130 Å². The van der Waals surface area contributed by atoms with Crippen LogP contribution in [0, 0.1) is 0 Å². The number of benzene rings is 2. The molecule has 3 aromatic rings. The average molecular weight is 292 g/mol. The van der Waals surface area contributed by atoms with Gasteiger partial charge in [-0.15, -0.1) is 0 Å². The highest BCUT2D eigenvalue weighted by Crippen LogP contribution is 2.22. The first-order chi connectivity index (χ1) is 10.4. The Morgan fingerprint density at radius 2 is 1.64 bits per heavy atom. The summed E-state index contributed by atoms with van der Waals surface area (Å²) in [6.07, 6.45) is 1.87. The molecule has 0 fully saturated rings. The van der Waals surface area contributed by atoms with Crippen LogP contribution in [0.15, 0.2) is 60.8 Å². The highest BCUT2D eigenvalue weighted by atomic mass is 16.2. The lowest BCUT2D eigenvalue weighted by Crippen LogP contribution is -2.22. The predicted octanol–water partition coefficient (Wildman–Crippen LogP) is 4.32. The van der Waals surface area contributed by atoms with Crippen LogP contribution in [0.2, 0.25) is 0 Å². The highest BCUT2D eigenvalue weighted by Gasteiger charge is 2.14. The molecule has 0 aliphatic heterocycles. The molecule has 0 radical (unpaired) electrons. The summed E-state index contributed by atoms with van der Waals surface area (Å²) < 4.78 is 1.76. The van der Waals surface area contributed by atoms with Gasteiger partial charge in [0.05, 0.1) is 5.52 Å². The molecule has 1 heterocycles. The number of aromatic nitrogens is 1. The molecular formula is C19H20N2O. The molecule has 0 aliphatic carbocycles. The third kappa shape index (κ3) is 2.75. The molecule has 1 aromatic heterocycles. The summed E-state index contributed by atoms with van der Waals surface area (Å²) in [6.45, 7) is 6.48. The minimum atomic E-state index is -0.109. The van der Waals surface area contributed by atoms with E-state index in [1.165, 1.54) is 5.56 Å². The summed E-state index contributed by atoms with van der Waals surface area (Å²) in [4.78, 5) is 12.4. The fourth-order valence-electron chi connectivity index (χ4n) is 2.48. The molecule has 0 bridgehead atoms. The van der Waals surface area contributed by atoms with E-state index in [0.717, 1.165) is 10.9 Å². The summed E-state index contributed by atoms with van der Waals surface area (Å²) in [5.41, 5.74) is 5.87. The summed E-state index contributed by atoms with van der Waals surface area (Å²) in [5.74, 6) is -0.109. The van der Waals surface area contributed by atoms with Crippen molar-refractivity contribution in [2.45, 2.75) is 26.2 Å². The second-order valence-corrected chi connectivity index (χ2v) is 6.51. The van der Waals surface area contributed by atoms with Gasteiger partial charge < -0.3 is 0 Å². The topological polar surface area (TPSA) is 34.0 Å². The molecular weight excluding hydrogens is 272 g/mol. The normalized spacial score (nSPS) is 11.6. The van der Waals surface area contributed by atoms with Crippen molar-refractivity contribution >= 4 is 16.8 Å². The Balaban J connectivity index is 1.83. The monoisotopic (exact) mass is 292 g/mol. The van der Waals surface area contributed by atoms with E-state index in [1.54, 1.807) is 4.68 Å². The van der Waals surface area contributed by atoms with Crippen LogP contribution in [-0.2, 0) is 5.41 Å². The number of carbonyl (C=O) groups excluding carboxylic acids is 1. The van der Waals surface area contributed by atoms with Gasteiger partial charge in [-0.1, -0.05) is 51.1 Å². The van der Waals surface area contributed by atoms with Gasteiger partial charge in [0, 0.05) is 17.1 Å². The largest absolute Gasteiger partial charge is 0.270 e. The standard InChI is InChI=1S/C19H20N2O/c1-19(2,3)16-10-8-15(9-11-16)18(22)20-21-13-12-14-6-4-5-7-17(14)21/h4-13H,1-3H3,(H,20,22). The molecule has 1 amide bonds. The van der Waals surface area contributed by atoms with Crippen LogP contribution in [0.1, 0.15) is 36.7 Å². The molecule has 0 spiro atoms. The molecule has 3 nitrogen and oxygen atoms in total. The molecule has 0 saturated carbocycles. The van der Waals surface area contributed by atoms with Crippen LogP contribution in [-0.4, -0.2) is 10.6 Å². The van der Waals surface area contributed by atoms with E-state index in [1.807, 2.05) is 60.8 Å². The maximum absolute atomic E-state index is 12.4. The van der Waals surface area contributed by atoms with Gasteiger partial charge in [0.15, 0.2) is 0 Å². The summed E-state index contributed by atoms with van der Waals surface area (Å²) >= 11 is 0. The molecule has 0 aliphatic rings. The maximum Gasteiger partial charge on any atom is 0.270 e. The number of rotatable bonds is 2. The molecule has 3 heteroatoms. The summed E-state index contributed by atoms with van der Waals surface area (Å²) in [7, 11) is 0. The van der Waals surface area contributed by atoms with Crippen molar-refractivity contribution in [1.29, 1.82) is 0 Å². The lowest BCUT2D eigenvalue weighted by molar-refractivity contribution is 0.101. The van der Waals surface area contributed by atoms with E-state index in [0.29, 0.717) is 5.56 Å². The smallest absolute Gasteiger partial charge is 0.267 e. The fraction of sp³-hybridized carbons (Fsp3) is 0.211. The number of nitrogens with one attached hydrogen (secondary N) is 1. The Morgan fingerprint density at radius 3 is 2.32 bits per heavy atom. The van der Waals surface area contributed by atoms with Gasteiger partial charge in [0.2, 0.25) is 0 Å². The van der Waals surface area contributed by atoms with E-state index in [2.05, 4.69) is 26.2 Å². The van der Waals surface area contributed by atoms with Crippen molar-refractivity contribution in [2.75, 3.05) is 5.43 Å². The summed E-state index contributed by atoms with van der Waals surface area (Å²) in [5, 5.41) is 1.10. The van der Waals surface area contributed by atoms with E-state index in [-0.39, 0.29) is 11.3 Å². The number of para-hydroxylation sites is 1. The first-order valence-corrected chi connectivity index (χ1v) is 7.43. The van der Waals surface area contributed by atoms with Gasteiger partial charge in [-0.2, -0.15) is 0 Å². The molecule has 0 atom stereocenters. The zero-order valence-electron chi connectivity index (χ0n) is 13.1. The van der Waals surface area contributed by atoms with E-state index in [4.69, 9.17) is 0 Å². The van der Waals surface area contributed by atoms with Gasteiger partial charge >= 0.3 is 0 Å². The Hall–Kier alpha value is -2.55.